The molecular formula is C26H16S2. The molecule has 0 unspecified atom stereocenters. The Labute approximate surface area is 171 Å². The van der Waals surface area contributed by atoms with Crippen molar-refractivity contribution >= 4 is 76.5 Å². The summed E-state index contributed by atoms with van der Waals surface area (Å²) < 4.78 is 2.70. The molecule has 132 valence electrons. The van der Waals surface area contributed by atoms with E-state index in [1.165, 1.54) is 51.5 Å². The molecule has 0 N–H and O–H groups in total. The molecule has 4 aromatic carbocycles. The predicted octanol–water partition coefficient (Wildman–Crippen LogP) is 8.59. The third-order valence-corrected chi connectivity index (χ3v) is 7.35. The van der Waals surface area contributed by atoms with Crippen molar-refractivity contribution in [1.82, 2.24) is 0 Å². The molecule has 0 atom stereocenters. The third-order valence-electron chi connectivity index (χ3n) is 5.22. The van der Waals surface area contributed by atoms with Crippen molar-refractivity contribution in [3.05, 3.63) is 94.7 Å². The van der Waals surface area contributed by atoms with E-state index in [-0.39, 0.29) is 0 Å². The maximum atomic E-state index is 2.30. The minimum atomic E-state index is 1.30. The number of thiophene rings is 2. The van der Waals surface area contributed by atoms with Gasteiger partial charge >= 0.3 is 0 Å². The lowest BCUT2D eigenvalue weighted by Gasteiger charge is -1.96. The topological polar surface area (TPSA) is 0 Å². The van der Waals surface area contributed by atoms with E-state index in [2.05, 4.69) is 97.1 Å². The van der Waals surface area contributed by atoms with Gasteiger partial charge < -0.3 is 0 Å². The van der Waals surface area contributed by atoms with Gasteiger partial charge in [-0.15, -0.1) is 22.7 Å². The Bertz CT molecular complexity index is 1290. The molecule has 0 saturated heterocycles. The van der Waals surface area contributed by atoms with Gasteiger partial charge in [-0.3, -0.25) is 0 Å². The molecule has 0 amide bonds. The fourth-order valence-electron chi connectivity index (χ4n) is 3.82. The molecule has 0 saturated carbocycles. The van der Waals surface area contributed by atoms with Crippen molar-refractivity contribution in [2.45, 2.75) is 0 Å². The van der Waals surface area contributed by atoms with E-state index in [1.54, 1.807) is 0 Å². The highest BCUT2D eigenvalue weighted by atomic mass is 32.1. The van der Waals surface area contributed by atoms with Gasteiger partial charge in [-0.2, -0.15) is 0 Å². The first-order valence-electron chi connectivity index (χ1n) is 9.35. The van der Waals surface area contributed by atoms with Gasteiger partial charge in [-0.25, -0.2) is 0 Å². The summed E-state index contributed by atoms with van der Waals surface area (Å²) in [5.74, 6) is 0. The average molecular weight is 393 g/mol. The minimum absolute atomic E-state index is 1.30. The molecule has 0 radical (unpaired) electrons. The fourth-order valence-corrected chi connectivity index (χ4v) is 5.82. The Morgan fingerprint density at radius 2 is 0.821 bits per heavy atom. The number of hydrogen-bond donors (Lipinski definition) is 0. The Kier molecular flexibility index (Phi) is 3.61. The largest absolute Gasteiger partial charge is 0.136 e. The van der Waals surface area contributed by atoms with Gasteiger partial charge in [-0.05, 0) is 80.9 Å². The second kappa shape index (κ2) is 6.30. The van der Waals surface area contributed by atoms with Crippen LogP contribution in [0.2, 0.25) is 0 Å². The zero-order valence-electron chi connectivity index (χ0n) is 15.1. The quantitative estimate of drug-likeness (QED) is 0.277. The molecule has 6 aromatic rings. The van der Waals surface area contributed by atoms with Crippen molar-refractivity contribution in [2.75, 3.05) is 0 Å². The minimum Gasteiger partial charge on any atom is -0.136 e. The lowest BCUT2D eigenvalue weighted by Crippen LogP contribution is -1.70. The van der Waals surface area contributed by atoms with Crippen molar-refractivity contribution in [2.24, 2.45) is 0 Å². The first-order chi connectivity index (χ1) is 13.8. The molecule has 0 bridgehead atoms. The van der Waals surface area contributed by atoms with Crippen LogP contribution in [0.3, 0.4) is 0 Å². The van der Waals surface area contributed by atoms with E-state index < -0.39 is 0 Å². The van der Waals surface area contributed by atoms with Crippen molar-refractivity contribution in [1.29, 1.82) is 0 Å². The van der Waals surface area contributed by atoms with Crippen LogP contribution in [-0.4, -0.2) is 0 Å². The van der Waals surface area contributed by atoms with Crippen molar-refractivity contribution < 1.29 is 0 Å². The lowest BCUT2D eigenvalue weighted by molar-refractivity contribution is 1.81. The standard InChI is InChI=1S/C26H16S2/c1-3-7-19-15-25-21(11-17(19)5-1)13-23(27-25)9-10-24-14-22-12-18-6-2-4-8-20(18)16-26(22)28-24/h1-16H. The molecule has 0 nitrogen and oxygen atoms in total. The number of hydrogen-bond acceptors (Lipinski definition) is 2. The second-order valence-corrected chi connectivity index (χ2v) is 9.34. The molecule has 6 rings (SSSR count). The van der Waals surface area contributed by atoms with Gasteiger partial charge in [0.15, 0.2) is 0 Å². The van der Waals surface area contributed by atoms with Crippen LogP contribution in [0, 0.1) is 0 Å². The van der Waals surface area contributed by atoms with Gasteiger partial charge in [0, 0.05) is 19.2 Å². The Morgan fingerprint density at radius 3 is 1.25 bits per heavy atom. The number of rotatable bonds is 2. The summed E-state index contributed by atoms with van der Waals surface area (Å²) in [6.45, 7) is 0. The summed E-state index contributed by atoms with van der Waals surface area (Å²) in [5.41, 5.74) is 0. The first kappa shape index (κ1) is 16.1. The predicted molar refractivity (Wildman–Crippen MR) is 128 cm³/mol. The zero-order chi connectivity index (χ0) is 18.5. The summed E-state index contributed by atoms with van der Waals surface area (Å²) in [5, 5.41) is 7.88. The van der Waals surface area contributed by atoms with Crippen LogP contribution in [0.15, 0.2) is 84.9 Å². The van der Waals surface area contributed by atoms with Crippen LogP contribution in [0.25, 0.3) is 53.9 Å². The van der Waals surface area contributed by atoms with Crippen LogP contribution in [0.5, 0.6) is 0 Å². The summed E-state index contributed by atoms with van der Waals surface area (Å²) in [6, 6.07) is 30.9. The third kappa shape index (κ3) is 2.73. The molecule has 0 aliphatic carbocycles. The normalized spacial score (nSPS) is 12.1. The smallest absolute Gasteiger partial charge is 0.0355 e. The highest BCUT2D eigenvalue weighted by Gasteiger charge is 2.04. The molecule has 0 fully saturated rings. The molecule has 28 heavy (non-hydrogen) atoms. The number of benzene rings is 4. The monoisotopic (exact) mass is 392 g/mol. The van der Waals surface area contributed by atoms with E-state index in [4.69, 9.17) is 0 Å². The van der Waals surface area contributed by atoms with E-state index in [0.29, 0.717) is 0 Å². The summed E-state index contributed by atoms with van der Waals surface area (Å²) in [7, 11) is 0. The molecule has 2 heteroatoms. The summed E-state index contributed by atoms with van der Waals surface area (Å²) in [4.78, 5) is 2.60. The average Bonchev–Trinajstić information content (AvgIpc) is 3.30. The maximum absolute atomic E-state index is 2.30. The van der Waals surface area contributed by atoms with Crippen LogP contribution in [0.4, 0.5) is 0 Å². The van der Waals surface area contributed by atoms with Gasteiger partial charge in [0.05, 0.1) is 0 Å². The number of fused-ring (bicyclic) bond motifs is 4. The molecular weight excluding hydrogens is 376 g/mol. The fraction of sp³-hybridized carbons (Fsp3) is 0. The highest BCUT2D eigenvalue weighted by molar-refractivity contribution is 7.20. The van der Waals surface area contributed by atoms with Crippen molar-refractivity contribution in [3.8, 4) is 0 Å². The summed E-state index contributed by atoms with van der Waals surface area (Å²) >= 11 is 3.72. The van der Waals surface area contributed by atoms with Crippen LogP contribution in [-0.2, 0) is 0 Å². The Balaban J connectivity index is 1.39. The Morgan fingerprint density at radius 1 is 0.429 bits per heavy atom. The Hall–Kier alpha value is -2.94. The molecule has 0 spiro atoms. The van der Waals surface area contributed by atoms with Gasteiger partial charge in [0.2, 0.25) is 0 Å². The molecule has 2 heterocycles. The van der Waals surface area contributed by atoms with Crippen LogP contribution in [0.1, 0.15) is 9.75 Å². The van der Waals surface area contributed by atoms with Crippen LogP contribution >= 0.6 is 22.7 Å². The zero-order valence-corrected chi connectivity index (χ0v) is 16.7. The lowest BCUT2D eigenvalue weighted by atomic mass is 10.1. The highest BCUT2D eigenvalue weighted by Crippen LogP contribution is 2.33. The molecule has 0 aliphatic rings. The van der Waals surface area contributed by atoms with Gasteiger partial charge in [0.25, 0.3) is 0 Å². The molecule has 2 aromatic heterocycles. The summed E-state index contributed by atoms with van der Waals surface area (Å²) in [6.07, 6.45) is 4.50. The van der Waals surface area contributed by atoms with E-state index in [9.17, 15) is 0 Å². The second-order valence-electron chi connectivity index (χ2n) is 7.11. The molecule has 0 aliphatic heterocycles. The van der Waals surface area contributed by atoms with Gasteiger partial charge in [0.1, 0.15) is 0 Å². The van der Waals surface area contributed by atoms with E-state index >= 15 is 0 Å². The van der Waals surface area contributed by atoms with E-state index in [1.807, 2.05) is 22.7 Å². The van der Waals surface area contributed by atoms with E-state index in [0.717, 1.165) is 0 Å². The first-order valence-corrected chi connectivity index (χ1v) is 11.0. The van der Waals surface area contributed by atoms with Crippen LogP contribution < -0.4 is 0 Å². The van der Waals surface area contributed by atoms with Crippen molar-refractivity contribution in [3.63, 3.8) is 0 Å². The maximum Gasteiger partial charge on any atom is 0.0355 e. The SMILES string of the molecule is C(=Cc1cc2cc3ccccc3cc2s1)c1cc2cc3ccccc3cc2s1. The van der Waals surface area contributed by atoms with Gasteiger partial charge in [-0.1, -0.05) is 48.5 Å².